The first kappa shape index (κ1) is 11.6. The van der Waals surface area contributed by atoms with Crippen LogP contribution in [-0.4, -0.2) is 29.1 Å². The topological polar surface area (TPSA) is 51.6 Å². The highest BCUT2D eigenvalue weighted by molar-refractivity contribution is 7.11. The van der Waals surface area contributed by atoms with Crippen molar-refractivity contribution in [1.29, 1.82) is 0 Å². The molecule has 94 valence electrons. The van der Waals surface area contributed by atoms with Gasteiger partial charge in [0.15, 0.2) is 5.79 Å². The Labute approximate surface area is 105 Å². The minimum atomic E-state index is -0.284. The van der Waals surface area contributed by atoms with Gasteiger partial charge in [-0.3, -0.25) is 0 Å². The summed E-state index contributed by atoms with van der Waals surface area (Å²) < 4.78 is 11.4. The Bertz CT molecular complexity index is 377. The fourth-order valence-corrected chi connectivity index (χ4v) is 3.62. The summed E-state index contributed by atoms with van der Waals surface area (Å²) in [5.41, 5.74) is 0. The third kappa shape index (κ3) is 2.25. The summed E-state index contributed by atoms with van der Waals surface area (Å²) in [6.07, 6.45) is 5.85. The van der Waals surface area contributed by atoms with E-state index < -0.39 is 0 Å². The van der Waals surface area contributed by atoms with Gasteiger partial charge in [0.05, 0.1) is 29.7 Å². The molecule has 1 N–H and O–H groups in total. The first-order valence-electron chi connectivity index (χ1n) is 6.15. The molecule has 4 nitrogen and oxygen atoms in total. The monoisotopic (exact) mass is 255 g/mol. The second-order valence-electron chi connectivity index (χ2n) is 4.70. The van der Waals surface area contributed by atoms with Gasteiger partial charge in [-0.1, -0.05) is 0 Å². The average Bonchev–Trinajstić information content (AvgIpc) is 3.00. The van der Waals surface area contributed by atoms with Gasteiger partial charge in [0.2, 0.25) is 0 Å². The minimum absolute atomic E-state index is 0.0978. The van der Waals surface area contributed by atoms with Crippen molar-refractivity contribution in [3.8, 4) is 0 Å². The van der Waals surface area contributed by atoms with Gasteiger partial charge in [0.25, 0.3) is 0 Å². The van der Waals surface area contributed by atoms with Crippen LogP contribution in [0.4, 0.5) is 0 Å². The third-order valence-electron chi connectivity index (χ3n) is 3.64. The Hall–Kier alpha value is -0.490. The van der Waals surface area contributed by atoms with Crippen LogP contribution in [0.1, 0.15) is 41.5 Å². The molecule has 1 aliphatic heterocycles. The van der Waals surface area contributed by atoms with Gasteiger partial charge in [0, 0.05) is 25.0 Å². The highest BCUT2D eigenvalue weighted by atomic mass is 32.1. The van der Waals surface area contributed by atoms with E-state index in [1.165, 1.54) is 0 Å². The van der Waals surface area contributed by atoms with Crippen LogP contribution < -0.4 is 0 Å². The van der Waals surface area contributed by atoms with Crippen LogP contribution in [0.25, 0.3) is 0 Å². The molecule has 0 atom stereocenters. The standard InChI is InChI=1S/C12H17NO3S/c14-8-10-7-13-11(17-10)9-1-3-12(4-2-9)15-5-6-16-12/h7,9,14H,1-6,8H2. The molecular weight excluding hydrogens is 238 g/mol. The molecule has 1 spiro atoms. The van der Waals surface area contributed by atoms with Crippen molar-refractivity contribution >= 4 is 11.3 Å². The molecule has 17 heavy (non-hydrogen) atoms. The maximum atomic E-state index is 9.05. The highest BCUT2D eigenvalue weighted by Crippen LogP contribution is 2.43. The van der Waals surface area contributed by atoms with Crippen molar-refractivity contribution in [2.24, 2.45) is 0 Å². The Morgan fingerprint density at radius 3 is 2.65 bits per heavy atom. The van der Waals surface area contributed by atoms with E-state index in [1.807, 2.05) is 0 Å². The fraction of sp³-hybridized carbons (Fsp3) is 0.750. The molecule has 0 unspecified atom stereocenters. The summed E-state index contributed by atoms with van der Waals surface area (Å²) in [4.78, 5) is 5.36. The van der Waals surface area contributed by atoms with Crippen LogP contribution in [0, 0.1) is 0 Å². The van der Waals surface area contributed by atoms with Gasteiger partial charge in [0.1, 0.15) is 0 Å². The van der Waals surface area contributed by atoms with Crippen molar-refractivity contribution < 1.29 is 14.6 Å². The van der Waals surface area contributed by atoms with E-state index in [1.54, 1.807) is 17.5 Å². The molecule has 0 amide bonds. The van der Waals surface area contributed by atoms with E-state index in [2.05, 4.69) is 4.98 Å². The van der Waals surface area contributed by atoms with E-state index >= 15 is 0 Å². The van der Waals surface area contributed by atoms with Gasteiger partial charge in [-0.2, -0.15) is 0 Å². The normalized spacial score (nSPS) is 24.5. The number of rotatable bonds is 2. The van der Waals surface area contributed by atoms with Crippen molar-refractivity contribution in [3.63, 3.8) is 0 Å². The summed E-state index contributed by atoms with van der Waals surface area (Å²) in [5, 5.41) is 10.2. The summed E-state index contributed by atoms with van der Waals surface area (Å²) in [6.45, 7) is 1.56. The van der Waals surface area contributed by atoms with Gasteiger partial charge in [-0.05, 0) is 12.8 Å². The first-order valence-corrected chi connectivity index (χ1v) is 6.96. The maximum absolute atomic E-state index is 9.05. The predicted molar refractivity (Wildman–Crippen MR) is 63.9 cm³/mol. The molecule has 1 aromatic heterocycles. The van der Waals surface area contributed by atoms with Crippen molar-refractivity contribution in [2.45, 2.75) is 44.0 Å². The lowest BCUT2D eigenvalue weighted by Gasteiger charge is -2.34. The number of thiazole rings is 1. The Balaban J connectivity index is 1.64. The quantitative estimate of drug-likeness (QED) is 0.878. The predicted octanol–water partition coefficient (Wildman–Crippen LogP) is 2.04. The average molecular weight is 255 g/mol. The number of hydrogen-bond acceptors (Lipinski definition) is 5. The molecule has 1 saturated heterocycles. The van der Waals surface area contributed by atoms with Crippen LogP contribution >= 0.6 is 11.3 Å². The lowest BCUT2D eigenvalue weighted by molar-refractivity contribution is -0.178. The molecule has 2 fully saturated rings. The Kier molecular flexibility index (Phi) is 3.17. The van der Waals surface area contributed by atoms with Crippen LogP contribution in [-0.2, 0) is 16.1 Å². The number of aliphatic hydroxyl groups excluding tert-OH is 1. The van der Waals surface area contributed by atoms with Gasteiger partial charge < -0.3 is 14.6 Å². The van der Waals surface area contributed by atoms with E-state index in [-0.39, 0.29) is 12.4 Å². The summed E-state index contributed by atoms with van der Waals surface area (Å²) in [6, 6.07) is 0. The number of hydrogen-bond donors (Lipinski definition) is 1. The largest absolute Gasteiger partial charge is 0.391 e. The zero-order valence-electron chi connectivity index (χ0n) is 9.72. The minimum Gasteiger partial charge on any atom is -0.391 e. The van der Waals surface area contributed by atoms with Crippen molar-refractivity contribution in [2.75, 3.05) is 13.2 Å². The molecule has 1 aliphatic carbocycles. The van der Waals surface area contributed by atoms with Crippen LogP contribution in [0.15, 0.2) is 6.20 Å². The molecule has 0 bridgehead atoms. The van der Waals surface area contributed by atoms with Gasteiger partial charge in [-0.25, -0.2) is 4.98 Å². The SMILES string of the molecule is OCc1cnc(C2CCC3(CC2)OCCO3)s1. The Morgan fingerprint density at radius 1 is 1.35 bits per heavy atom. The first-order chi connectivity index (χ1) is 8.31. The molecule has 2 heterocycles. The van der Waals surface area contributed by atoms with E-state index in [4.69, 9.17) is 14.6 Å². The lowest BCUT2D eigenvalue weighted by atomic mass is 9.85. The van der Waals surface area contributed by atoms with Crippen molar-refractivity contribution in [3.05, 3.63) is 16.1 Å². The summed E-state index contributed by atoms with van der Waals surface area (Å²) in [5.74, 6) is 0.229. The van der Waals surface area contributed by atoms with Gasteiger partial charge >= 0.3 is 0 Å². The molecular formula is C12H17NO3S. The zero-order chi connectivity index (χ0) is 11.7. The maximum Gasteiger partial charge on any atom is 0.168 e. The van der Waals surface area contributed by atoms with Crippen molar-refractivity contribution in [1.82, 2.24) is 4.98 Å². The van der Waals surface area contributed by atoms with Gasteiger partial charge in [-0.15, -0.1) is 11.3 Å². The van der Waals surface area contributed by atoms with Crippen LogP contribution in [0.2, 0.25) is 0 Å². The molecule has 0 radical (unpaired) electrons. The molecule has 0 aromatic carbocycles. The Morgan fingerprint density at radius 2 is 2.06 bits per heavy atom. The smallest absolute Gasteiger partial charge is 0.168 e. The molecule has 5 heteroatoms. The molecule has 1 aromatic rings. The zero-order valence-corrected chi connectivity index (χ0v) is 10.5. The fourth-order valence-electron chi connectivity index (χ4n) is 2.67. The second-order valence-corrected chi connectivity index (χ2v) is 5.85. The third-order valence-corrected chi connectivity index (χ3v) is 4.78. The number of ether oxygens (including phenoxy) is 2. The molecule has 3 rings (SSSR count). The number of aliphatic hydroxyl groups is 1. The highest BCUT2D eigenvalue weighted by Gasteiger charge is 2.41. The molecule has 2 aliphatic rings. The lowest BCUT2D eigenvalue weighted by Crippen LogP contribution is -2.34. The van der Waals surface area contributed by atoms with E-state index in [0.717, 1.165) is 48.8 Å². The van der Waals surface area contributed by atoms with Crippen LogP contribution in [0.3, 0.4) is 0 Å². The molecule has 1 saturated carbocycles. The summed E-state index contributed by atoms with van der Waals surface area (Å²) >= 11 is 1.63. The van der Waals surface area contributed by atoms with E-state index in [0.29, 0.717) is 5.92 Å². The number of aromatic nitrogens is 1. The number of nitrogens with zero attached hydrogens (tertiary/aromatic N) is 1. The van der Waals surface area contributed by atoms with Crippen LogP contribution in [0.5, 0.6) is 0 Å². The van der Waals surface area contributed by atoms with E-state index in [9.17, 15) is 0 Å². The second kappa shape index (κ2) is 4.65. The summed E-state index contributed by atoms with van der Waals surface area (Å²) in [7, 11) is 0.